The van der Waals surface area contributed by atoms with Gasteiger partial charge in [0.2, 0.25) is 0 Å². The maximum atomic E-state index is 11.4. The molecule has 2 aromatic rings. The molecular formula is C15H13BrN2O2. The zero-order chi connectivity index (χ0) is 14.1. The summed E-state index contributed by atoms with van der Waals surface area (Å²) in [6.07, 6.45) is 3.97. The molecule has 3 rings (SSSR count). The molecule has 0 unspecified atom stereocenters. The summed E-state index contributed by atoms with van der Waals surface area (Å²) in [4.78, 5) is 15.5. The first-order valence-corrected chi connectivity index (χ1v) is 7.18. The maximum absolute atomic E-state index is 11.4. The summed E-state index contributed by atoms with van der Waals surface area (Å²) in [6, 6.07) is 9.26. The highest BCUT2D eigenvalue weighted by atomic mass is 79.9. The third-order valence-corrected chi connectivity index (χ3v) is 3.80. The number of aromatic carboxylic acids is 1. The van der Waals surface area contributed by atoms with Crippen molar-refractivity contribution in [1.82, 2.24) is 4.98 Å². The first kappa shape index (κ1) is 13.1. The minimum atomic E-state index is -0.917. The quantitative estimate of drug-likeness (QED) is 0.825. The Morgan fingerprint density at radius 1 is 1.30 bits per heavy atom. The van der Waals surface area contributed by atoms with Crippen LogP contribution in [0.4, 0.5) is 11.4 Å². The van der Waals surface area contributed by atoms with Gasteiger partial charge >= 0.3 is 5.97 Å². The normalized spacial score (nSPS) is 14.1. The molecule has 0 saturated heterocycles. The molecule has 4 nitrogen and oxygen atoms in total. The van der Waals surface area contributed by atoms with Gasteiger partial charge in [-0.05, 0) is 64.5 Å². The summed E-state index contributed by atoms with van der Waals surface area (Å²) in [6.45, 7) is 0. The van der Waals surface area contributed by atoms with E-state index in [4.69, 9.17) is 0 Å². The number of carbonyl (C=O) groups is 1. The fourth-order valence-corrected chi connectivity index (χ4v) is 2.36. The molecule has 0 aliphatic heterocycles. The summed E-state index contributed by atoms with van der Waals surface area (Å²) in [5.74, 6) is -0.378. The Hall–Kier alpha value is -1.88. The third-order valence-electron chi connectivity index (χ3n) is 3.33. The average molecular weight is 333 g/mol. The van der Waals surface area contributed by atoms with E-state index in [9.17, 15) is 9.90 Å². The Labute approximate surface area is 125 Å². The zero-order valence-corrected chi connectivity index (χ0v) is 12.2. The van der Waals surface area contributed by atoms with Gasteiger partial charge in [-0.2, -0.15) is 0 Å². The average Bonchev–Trinajstić information content (AvgIpc) is 3.26. The lowest BCUT2D eigenvalue weighted by Crippen LogP contribution is -2.04. The van der Waals surface area contributed by atoms with Crippen LogP contribution in [0.3, 0.4) is 0 Å². The van der Waals surface area contributed by atoms with Crippen molar-refractivity contribution in [2.24, 2.45) is 0 Å². The van der Waals surface area contributed by atoms with Crippen molar-refractivity contribution in [2.75, 3.05) is 5.32 Å². The highest BCUT2D eigenvalue weighted by Gasteiger charge is 2.25. The highest BCUT2D eigenvalue weighted by Crippen LogP contribution is 2.41. The van der Waals surface area contributed by atoms with E-state index in [1.54, 1.807) is 18.3 Å². The molecule has 1 aliphatic rings. The van der Waals surface area contributed by atoms with Crippen LogP contribution in [0.1, 0.15) is 34.7 Å². The number of nitrogens with one attached hydrogen (secondary N) is 1. The zero-order valence-electron chi connectivity index (χ0n) is 10.6. The SMILES string of the molecule is O=C(O)c1cc(C2CC2)ccc1Nc1ccc(Br)nc1. The van der Waals surface area contributed by atoms with Crippen LogP contribution in [0.15, 0.2) is 41.1 Å². The Balaban J connectivity index is 1.91. The second kappa shape index (κ2) is 5.25. The fourth-order valence-electron chi connectivity index (χ4n) is 2.12. The van der Waals surface area contributed by atoms with Crippen molar-refractivity contribution in [1.29, 1.82) is 0 Å². The molecule has 1 aliphatic carbocycles. The summed E-state index contributed by atoms with van der Waals surface area (Å²) in [7, 11) is 0. The van der Waals surface area contributed by atoms with Gasteiger partial charge in [0.15, 0.2) is 0 Å². The third kappa shape index (κ3) is 2.82. The predicted octanol–water partition coefficient (Wildman–Crippen LogP) is 4.16. The number of carboxylic acids is 1. The fraction of sp³-hybridized carbons (Fsp3) is 0.200. The smallest absolute Gasteiger partial charge is 0.337 e. The summed E-state index contributed by atoms with van der Waals surface area (Å²) in [5, 5.41) is 12.5. The summed E-state index contributed by atoms with van der Waals surface area (Å²) < 4.78 is 0.741. The number of carboxylic acid groups (broad SMARTS) is 1. The van der Waals surface area contributed by atoms with E-state index in [1.807, 2.05) is 18.2 Å². The summed E-state index contributed by atoms with van der Waals surface area (Å²) >= 11 is 3.27. The Kier molecular flexibility index (Phi) is 3.44. The Morgan fingerprint density at radius 3 is 2.70 bits per heavy atom. The number of anilines is 2. The number of hydrogen-bond acceptors (Lipinski definition) is 3. The predicted molar refractivity (Wildman–Crippen MR) is 80.6 cm³/mol. The number of rotatable bonds is 4. The van der Waals surface area contributed by atoms with Crippen molar-refractivity contribution in [3.63, 3.8) is 0 Å². The lowest BCUT2D eigenvalue weighted by atomic mass is 10.0. The van der Waals surface area contributed by atoms with Gasteiger partial charge in [-0.25, -0.2) is 9.78 Å². The number of nitrogens with zero attached hydrogens (tertiary/aromatic N) is 1. The summed E-state index contributed by atoms with van der Waals surface area (Å²) in [5.41, 5.74) is 2.76. The lowest BCUT2D eigenvalue weighted by Gasteiger charge is -2.11. The van der Waals surface area contributed by atoms with Crippen molar-refractivity contribution in [2.45, 2.75) is 18.8 Å². The van der Waals surface area contributed by atoms with Gasteiger partial charge in [-0.3, -0.25) is 0 Å². The molecular weight excluding hydrogens is 320 g/mol. The monoisotopic (exact) mass is 332 g/mol. The van der Waals surface area contributed by atoms with Crippen molar-refractivity contribution < 1.29 is 9.90 Å². The van der Waals surface area contributed by atoms with E-state index in [-0.39, 0.29) is 0 Å². The molecule has 1 fully saturated rings. The first-order valence-electron chi connectivity index (χ1n) is 6.39. The molecule has 0 bridgehead atoms. The van der Waals surface area contributed by atoms with E-state index < -0.39 is 5.97 Å². The molecule has 1 aromatic heterocycles. The molecule has 0 spiro atoms. The Bertz CT molecular complexity index is 651. The minimum Gasteiger partial charge on any atom is -0.478 e. The molecule has 2 N–H and O–H groups in total. The largest absolute Gasteiger partial charge is 0.478 e. The van der Waals surface area contributed by atoms with E-state index in [0.717, 1.165) is 28.7 Å². The van der Waals surface area contributed by atoms with Gasteiger partial charge in [0.05, 0.1) is 23.1 Å². The van der Waals surface area contributed by atoms with E-state index in [0.29, 0.717) is 17.2 Å². The van der Waals surface area contributed by atoms with Gasteiger partial charge in [0.25, 0.3) is 0 Å². The molecule has 0 radical (unpaired) electrons. The Morgan fingerprint density at radius 2 is 2.10 bits per heavy atom. The first-order chi connectivity index (χ1) is 9.63. The standard InChI is InChI=1S/C15H13BrN2O2/c16-14-6-4-11(8-17-14)18-13-5-3-10(9-1-2-9)7-12(13)15(19)20/h3-9,18H,1-2H2,(H,19,20). The van der Waals surface area contributed by atoms with Crippen molar-refractivity contribution >= 4 is 33.3 Å². The molecule has 102 valence electrons. The molecule has 1 aromatic carbocycles. The molecule has 0 atom stereocenters. The van der Waals surface area contributed by atoms with Crippen LogP contribution in [0, 0.1) is 0 Å². The second-order valence-electron chi connectivity index (χ2n) is 4.88. The molecule has 5 heteroatoms. The van der Waals surface area contributed by atoms with Crippen LogP contribution < -0.4 is 5.32 Å². The van der Waals surface area contributed by atoms with Gasteiger partial charge in [0, 0.05) is 0 Å². The number of benzene rings is 1. The van der Waals surface area contributed by atoms with Crippen LogP contribution in [-0.2, 0) is 0 Å². The van der Waals surface area contributed by atoms with Crippen molar-refractivity contribution in [3.05, 3.63) is 52.3 Å². The van der Waals surface area contributed by atoms with E-state index in [2.05, 4.69) is 26.2 Å². The van der Waals surface area contributed by atoms with Gasteiger partial charge in [-0.15, -0.1) is 0 Å². The lowest BCUT2D eigenvalue weighted by molar-refractivity contribution is 0.0698. The van der Waals surface area contributed by atoms with Gasteiger partial charge in [0.1, 0.15) is 4.60 Å². The molecule has 1 heterocycles. The van der Waals surface area contributed by atoms with Gasteiger partial charge in [-0.1, -0.05) is 6.07 Å². The van der Waals surface area contributed by atoms with E-state index >= 15 is 0 Å². The number of halogens is 1. The molecule has 0 amide bonds. The maximum Gasteiger partial charge on any atom is 0.337 e. The second-order valence-corrected chi connectivity index (χ2v) is 5.69. The van der Waals surface area contributed by atoms with Crippen LogP contribution in [0.2, 0.25) is 0 Å². The number of hydrogen-bond donors (Lipinski definition) is 2. The number of aromatic nitrogens is 1. The number of pyridine rings is 1. The van der Waals surface area contributed by atoms with Crippen LogP contribution in [0.5, 0.6) is 0 Å². The van der Waals surface area contributed by atoms with E-state index in [1.165, 1.54) is 0 Å². The van der Waals surface area contributed by atoms with Crippen LogP contribution in [-0.4, -0.2) is 16.1 Å². The molecule has 1 saturated carbocycles. The highest BCUT2D eigenvalue weighted by molar-refractivity contribution is 9.10. The van der Waals surface area contributed by atoms with Crippen LogP contribution in [0.25, 0.3) is 0 Å². The van der Waals surface area contributed by atoms with Crippen molar-refractivity contribution in [3.8, 4) is 0 Å². The topological polar surface area (TPSA) is 62.2 Å². The van der Waals surface area contributed by atoms with Crippen LogP contribution >= 0.6 is 15.9 Å². The van der Waals surface area contributed by atoms with Gasteiger partial charge < -0.3 is 10.4 Å². The molecule has 20 heavy (non-hydrogen) atoms. The minimum absolute atomic E-state index is 0.303.